The third-order valence-electron chi connectivity index (χ3n) is 3.73. The molecule has 0 unspecified atom stereocenters. The molecule has 0 radical (unpaired) electrons. The Kier molecular flexibility index (Phi) is 5.52. The van der Waals surface area contributed by atoms with Crippen molar-refractivity contribution >= 4 is 31.1 Å². The van der Waals surface area contributed by atoms with E-state index in [0.717, 1.165) is 12.1 Å². The average Bonchev–Trinajstić information content (AvgIpc) is 3.16. The smallest absolute Gasteiger partial charge is 0.316 e. The lowest BCUT2D eigenvalue weighted by atomic mass is 10.0. The second-order valence-corrected chi connectivity index (χ2v) is 7.48. The van der Waals surface area contributed by atoms with Gasteiger partial charge in [0.25, 0.3) is 0 Å². The van der Waals surface area contributed by atoms with E-state index in [0.29, 0.717) is 23.5 Å². The molecular formula is C18H17F2IN4. The topological polar surface area (TPSA) is 53.6 Å². The van der Waals surface area contributed by atoms with Gasteiger partial charge in [0.1, 0.15) is 5.82 Å². The van der Waals surface area contributed by atoms with Crippen LogP contribution in [0.25, 0.3) is 11.1 Å². The molecule has 0 bridgehead atoms. The molecule has 0 aliphatic rings. The molecule has 0 aliphatic carbocycles. The van der Waals surface area contributed by atoms with Gasteiger partial charge in [-0.25, -0.2) is 9.97 Å². The number of benzene rings is 1. The van der Waals surface area contributed by atoms with Gasteiger partial charge < -0.3 is 10.3 Å². The van der Waals surface area contributed by atoms with Gasteiger partial charge in [-0.15, -0.1) is 0 Å². The van der Waals surface area contributed by atoms with E-state index in [2.05, 4.69) is 24.8 Å². The number of aromatic nitrogens is 3. The van der Waals surface area contributed by atoms with Crippen LogP contribution in [0.2, 0.25) is 0 Å². The predicted octanol–water partition coefficient (Wildman–Crippen LogP) is 4.58. The minimum absolute atomic E-state index is 0.0274. The van der Waals surface area contributed by atoms with Crippen LogP contribution in [-0.4, -0.2) is 26.0 Å². The minimum atomic E-state index is -2.85. The van der Waals surface area contributed by atoms with Gasteiger partial charge in [-0.1, -0.05) is 28.8 Å². The molecule has 0 aliphatic heterocycles. The van der Waals surface area contributed by atoms with Crippen molar-refractivity contribution in [2.75, 3.05) is 11.9 Å². The van der Waals surface area contributed by atoms with E-state index in [9.17, 15) is 8.78 Å². The van der Waals surface area contributed by atoms with Crippen molar-refractivity contribution in [3.8, 4) is 11.1 Å². The van der Waals surface area contributed by atoms with E-state index in [1.165, 1.54) is 6.07 Å². The number of anilines is 1. The van der Waals surface area contributed by atoms with Gasteiger partial charge >= 0.3 is 3.93 Å². The molecule has 3 aromatic rings. The minimum Gasteiger partial charge on any atom is -0.370 e. The lowest BCUT2D eigenvalue weighted by Crippen LogP contribution is -2.07. The normalized spacial score (nSPS) is 11.4. The molecule has 0 spiro atoms. The molecule has 2 aromatic heterocycles. The van der Waals surface area contributed by atoms with Crippen LogP contribution in [0.3, 0.4) is 0 Å². The standard InChI is InChI=1S/C18H17F2IN4/c1-21-18(19,20)16-5-3-2-4-15(16)13-6-7-17(24-10-13)23-9-8-14-11-22-12-25-14/h2-7,10-12H,1,8-9H2,(H,22,25)(H,23,24). The lowest BCUT2D eigenvalue weighted by molar-refractivity contribution is 0.128. The number of rotatable bonds is 7. The van der Waals surface area contributed by atoms with Crippen LogP contribution in [0, 0.1) is 0 Å². The maximum atomic E-state index is 14.2. The highest BCUT2D eigenvalue weighted by molar-refractivity contribution is 14.2. The Morgan fingerprint density at radius 1 is 1.16 bits per heavy atom. The van der Waals surface area contributed by atoms with Crippen LogP contribution in [0.15, 0.2) is 55.1 Å². The summed E-state index contributed by atoms with van der Waals surface area (Å²) in [6.07, 6.45) is 5.84. The van der Waals surface area contributed by atoms with E-state index in [1.807, 2.05) is 6.07 Å². The van der Waals surface area contributed by atoms with Crippen molar-refractivity contribution in [2.45, 2.75) is 10.4 Å². The first kappa shape index (κ1) is 17.7. The number of halogens is 3. The van der Waals surface area contributed by atoms with Gasteiger partial charge in [-0.3, -0.25) is 0 Å². The SMILES string of the molecule is C=IC(F)(F)c1ccccc1-c1ccc(NCCc2cnc[nH]2)nc1. The van der Waals surface area contributed by atoms with Crippen LogP contribution in [0.5, 0.6) is 0 Å². The molecule has 130 valence electrons. The number of hydrogen-bond acceptors (Lipinski definition) is 3. The quantitative estimate of drug-likeness (QED) is 0.406. The molecule has 1 aromatic carbocycles. The summed E-state index contributed by atoms with van der Waals surface area (Å²) in [4.78, 5) is 11.3. The molecule has 2 N–H and O–H groups in total. The summed E-state index contributed by atoms with van der Waals surface area (Å²) < 4.78 is 28.9. The second-order valence-electron chi connectivity index (χ2n) is 5.36. The summed E-state index contributed by atoms with van der Waals surface area (Å²) >= 11 is -1.48. The summed E-state index contributed by atoms with van der Waals surface area (Å²) in [5.74, 6) is 0.706. The molecule has 0 atom stereocenters. The van der Waals surface area contributed by atoms with E-state index in [1.54, 1.807) is 43.0 Å². The van der Waals surface area contributed by atoms with Crippen LogP contribution >= 0.6 is 20.7 Å². The van der Waals surface area contributed by atoms with Crippen molar-refractivity contribution in [1.82, 2.24) is 15.0 Å². The maximum Gasteiger partial charge on any atom is 0.316 e. The van der Waals surface area contributed by atoms with E-state index in [-0.39, 0.29) is 5.56 Å². The highest BCUT2D eigenvalue weighted by Crippen LogP contribution is 2.43. The third-order valence-corrected chi connectivity index (χ3v) is 5.27. The first-order chi connectivity index (χ1) is 12.1. The predicted molar refractivity (Wildman–Crippen MR) is 105 cm³/mol. The van der Waals surface area contributed by atoms with Crippen molar-refractivity contribution < 1.29 is 8.78 Å². The Hall–Kier alpha value is -2.16. The van der Waals surface area contributed by atoms with E-state index in [4.69, 9.17) is 0 Å². The summed E-state index contributed by atoms with van der Waals surface area (Å²) in [6.45, 7) is 0.704. The molecule has 0 amide bonds. The zero-order valence-corrected chi connectivity index (χ0v) is 15.5. The fraction of sp³-hybridized carbons (Fsp3) is 0.167. The van der Waals surface area contributed by atoms with Gasteiger partial charge in [0.2, 0.25) is 0 Å². The van der Waals surface area contributed by atoms with Crippen molar-refractivity contribution in [2.24, 2.45) is 0 Å². The van der Waals surface area contributed by atoms with Crippen molar-refractivity contribution in [1.29, 1.82) is 0 Å². The first-order valence-electron chi connectivity index (χ1n) is 7.64. The Labute approximate surface area is 154 Å². The fourth-order valence-corrected chi connectivity index (χ4v) is 3.34. The number of pyridine rings is 1. The summed E-state index contributed by atoms with van der Waals surface area (Å²) in [7, 11) is 0. The molecule has 4 nitrogen and oxygen atoms in total. The second kappa shape index (κ2) is 7.81. The van der Waals surface area contributed by atoms with Gasteiger partial charge in [0.05, 0.1) is 6.33 Å². The van der Waals surface area contributed by atoms with Crippen molar-refractivity contribution in [3.05, 3.63) is 66.4 Å². The lowest BCUT2D eigenvalue weighted by Gasteiger charge is -2.16. The van der Waals surface area contributed by atoms with Gasteiger partial charge in [0.15, 0.2) is 0 Å². The molecule has 25 heavy (non-hydrogen) atoms. The number of alkyl halides is 3. The number of hydrogen-bond donors (Lipinski definition) is 2. The Morgan fingerprint density at radius 3 is 2.68 bits per heavy atom. The number of nitrogens with one attached hydrogen (secondary N) is 2. The Bertz CT molecular complexity index is 833. The molecule has 7 heteroatoms. The molecule has 2 heterocycles. The molecular weight excluding hydrogens is 437 g/mol. The van der Waals surface area contributed by atoms with E-state index < -0.39 is 24.7 Å². The molecule has 0 saturated heterocycles. The zero-order chi connectivity index (χ0) is 17.7. The van der Waals surface area contributed by atoms with Gasteiger partial charge in [-0.05, 0) is 38.4 Å². The van der Waals surface area contributed by atoms with Crippen LogP contribution < -0.4 is 5.32 Å². The fourth-order valence-electron chi connectivity index (χ4n) is 2.46. The van der Waals surface area contributed by atoms with Crippen molar-refractivity contribution in [3.63, 3.8) is 0 Å². The molecule has 0 saturated carbocycles. The monoisotopic (exact) mass is 454 g/mol. The number of H-pyrrole nitrogens is 1. The largest absolute Gasteiger partial charge is 0.370 e. The van der Waals surface area contributed by atoms with E-state index >= 15 is 0 Å². The summed E-state index contributed by atoms with van der Waals surface area (Å²) in [6, 6.07) is 10.2. The van der Waals surface area contributed by atoms with Crippen LogP contribution in [0.4, 0.5) is 14.6 Å². The highest BCUT2D eigenvalue weighted by Gasteiger charge is 2.30. The average molecular weight is 454 g/mol. The summed E-state index contributed by atoms with van der Waals surface area (Å²) in [5, 5.41) is 3.21. The molecule has 0 fully saturated rings. The van der Waals surface area contributed by atoms with Gasteiger partial charge in [-0.2, -0.15) is 8.78 Å². The first-order valence-corrected chi connectivity index (χ1v) is 10.2. The Balaban J connectivity index is 1.73. The van der Waals surface area contributed by atoms with Gasteiger partial charge in [0, 0.05) is 42.2 Å². The Morgan fingerprint density at radius 2 is 2.00 bits per heavy atom. The number of nitrogens with zero attached hydrogens (tertiary/aromatic N) is 2. The number of aromatic amines is 1. The van der Waals surface area contributed by atoms with Crippen LogP contribution in [0.1, 0.15) is 11.3 Å². The van der Waals surface area contributed by atoms with Crippen LogP contribution in [-0.2, 0) is 10.4 Å². The maximum absolute atomic E-state index is 14.2. The number of imidazole rings is 1. The highest BCUT2D eigenvalue weighted by atomic mass is 127. The summed E-state index contributed by atoms with van der Waals surface area (Å²) in [5.41, 5.74) is 2.25. The zero-order valence-electron chi connectivity index (χ0n) is 13.3. The third kappa shape index (κ3) is 4.28. The molecule has 3 rings (SSSR count).